The van der Waals surface area contributed by atoms with E-state index < -0.39 is 39.5 Å². The summed E-state index contributed by atoms with van der Waals surface area (Å²) in [5.41, 5.74) is -9.13. The van der Waals surface area contributed by atoms with Crippen LogP contribution in [0.5, 0.6) is 0 Å². The maximum Gasteiger partial charge on any atom is 0.189 e. The van der Waals surface area contributed by atoms with E-state index in [2.05, 4.69) is 0 Å². The maximum atomic E-state index is 11.0. The van der Waals surface area contributed by atoms with Crippen LogP contribution in [0.1, 0.15) is 27.7 Å². The molecule has 0 aromatic rings. The standard InChI is InChI=1S/C13H22O6/c1-8(2)10(14)6-19-7(18-5)11(15)9(3,4)13(11,17)12(8,10)16/h7,14-17H,6H2,1-5H3/t7-,10-,11+,12+,13+/m0/s1. The summed E-state index contributed by atoms with van der Waals surface area (Å²) in [6.07, 6.45) is -1.09. The molecule has 1 saturated heterocycles. The van der Waals surface area contributed by atoms with Gasteiger partial charge in [-0.3, -0.25) is 0 Å². The zero-order chi connectivity index (χ0) is 14.7. The van der Waals surface area contributed by atoms with Crippen LogP contribution in [-0.2, 0) is 9.47 Å². The lowest BCUT2D eigenvalue weighted by atomic mass is 9.93. The summed E-state index contributed by atoms with van der Waals surface area (Å²) in [5.74, 6) is 0. The molecule has 0 aromatic carbocycles. The van der Waals surface area contributed by atoms with Crippen molar-refractivity contribution in [3.05, 3.63) is 0 Å². The first-order valence-corrected chi connectivity index (χ1v) is 6.45. The van der Waals surface area contributed by atoms with Gasteiger partial charge < -0.3 is 29.9 Å². The van der Waals surface area contributed by atoms with Gasteiger partial charge in [0.1, 0.15) is 16.8 Å². The average molecular weight is 274 g/mol. The van der Waals surface area contributed by atoms with Crippen molar-refractivity contribution in [2.24, 2.45) is 10.8 Å². The summed E-state index contributed by atoms with van der Waals surface area (Å²) < 4.78 is 10.5. The van der Waals surface area contributed by atoms with Gasteiger partial charge in [0.2, 0.25) is 0 Å². The summed E-state index contributed by atoms with van der Waals surface area (Å²) in [5, 5.41) is 43.3. The number of aliphatic hydroxyl groups is 4. The topological polar surface area (TPSA) is 99.4 Å². The van der Waals surface area contributed by atoms with Crippen LogP contribution >= 0.6 is 0 Å². The van der Waals surface area contributed by atoms with Gasteiger partial charge in [-0.2, -0.15) is 0 Å². The molecule has 3 aliphatic rings. The van der Waals surface area contributed by atoms with Gasteiger partial charge in [-0.05, 0) is 0 Å². The highest BCUT2D eigenvalue weighted by atomic mass is 16.7. The third-order valence-corrected chi connectivity index (χ3v) is 6.34. The molecule has 110 valence electrons. The first-order valence-electron chi connectivity index (χ1n) is 6.45. The van der Waals surface area contributed by atoms with Crippen LogP contribution in [0, 0.1) is 10.8 Å². The summed E-state index contributed by atoms with van der Waals surface area (Å²) in [4.78, 5) is 0. The van der Waals surface area contributed by atoms with Gasteiger partial charge in [0.05, 0.1) is 6.61 Å². The van der Waals surface area contributed by atoms with E-state index >= 15 is 0 Å². The first kappa shape index (κ1) is 13.7. The molecule has 2 aliphatic carbocycles. The smallest absolute Gasteiger partial charge is 0.189 e. The molecule has 3 fully saturated rings. The van der Waals surface area contributed by atoms with Gasteiger partial charge in [-0.25, -0.2) is 0 Å². The van der Waals surface area contributed by atoms with Crippen LogP contribution in [0.3, 0.4) is 0 Å². The van der Waals surface area contributed by atoms with Gasteiger partial charge in [-0.15, -0.1) is 0 Å². The van der Waals surface area contributed by atoms with Crippen LogP contribution in [0.25, 0.3) is 0 Å². The Morgan fingerprint density at radius 3 is 1.95 bits per heavy atom. The van der Waals surface area contributed by atoms with Crippen molar-refractivity contribution in [2.45, 2.75) is 56.4 Å². The third-order valence-electron chi connectivity index (χ3n) is 6.34. The molecule has 0 unspecified atom stereocenters. The highest BCUT2D eigenvalue weighted by Crippen LogP contribution is 2.84. The fraction of sp³-hybridized carbons (Fsp3) is 1.00. The molecule has 5 atom stereocenters. The molecule has 1 heterocycles. The van der Waals surface area contributed by atoms with Crippen LogP contribution in [0.15, 0.2) is 0 Å². The van der Waals surface area contributed by atoms with Crippen LogP contribution in [-0.4, -0.2) is 62.8 Å². The monoisotopic (exact) mass is 274 g/mol. The van der Waals surface area contributed by atoms with Crippen molar-refractivity contribution >= 4 is 0 Å². The van der Waals surface area contributed by atoms with Crippen molar-refractivity contribution in [1.29, 1.82) is 0 Å². The van der Waals surface area contributed by atoms with Gasteiger partial charge in [0, 0.05) is 17.9 Å². The Kier molecular flexibility index (Phi) is 2.07. The zero-order valence-corrected chi connectivity index (χ0v) is 11.9. The molecule has 0 aromatic heterocycles. The summed E-state index contributed by atoms with van der Waals surface area (Å²) in [6, 6.07) is 0. The van der Waals surface area contributed by atoms with E-state index in [4.69, 9.17) is 9.47 Å². The second-order valence-electron chi connectivity index (χ2n) is 7.18. The highest BCUT2D eigenvalue weighted by molar-refractivity contribution is 5.53. The van der Waals surface area contributed by atoms with Crippen molar-refractivity contribution in [3.63, 3.8) is 0 Å². The van der Waals surface area contributed by atoms with Crippen molar-refractivity contribution in [2.75, 3.05) is 13.7 Å². The molecule has 4 N–H and O–H groups in total. The Labute approximate surface area is 112 Å². The molecule has 2 saturated carbocycles. The molecule has 6 nitrogen and oxygen atoms in total. The second-order valence-corrected chi connectivity index (χ2v) is 7.18. The predicted octanol–water partition coefficient (Wildman–Crippen LogP) is -1.01. The Hall–Kier alpha value is -0.240. The second kappa shape index (κ2) is 2.86. The predicted molar refractivity (Wildman–Crippen MR) is 64.1 cm³/mol. The Morgan fingerprint density at radius 2 is 1.47 bits per heavy atom. The Bertz CT molecular complexity index is 462. The lowest BCUT2D eigenvalue weighted by Crippen LogP contribution is -2.49. The van der Waals surface area contributed by atoms with Crippen molar-refractivity contribution in [1.82, 2.24) is 0 Å². The van der Waals surface area contributed by atoms with Gasteiger partial charge in [-0.1, -0.05) is 27.7 Å². The molecular formula is C13H22O6. The van der Waals surface area contributed by atoms with E-state index in [1.54, 1.807) is 27.7 Å². The van der Waals surface area contributed by atoms with Gasteiger partial charge >= 0.3 is 0 Å². The quantitative estimate of drug-likeness (QED) is 0.489. The molecule has 3 rings (SSSR count). The lowest BCUT2D eigenvalue weighted by Gasteiger charge is -2.27. The molecule has 0 amide bonds. The normalized spacial score (nSPS) is 60.8. The van der Waals surface area contributed by atoms with Crippen molar-refractivity contribution in [3.8, 4) is 0 Å². The van der Waals surface area contributed by atoms with E-state index in [0.717, 1.165) is 0 Å². The number of fused-ring (bicyclic) bond motifs is 3. The minimum atomic E-state index is -1.89. The molecule has 0 bridgehead atoms. The molecule has 19 heavy (non-hydrogen) atoms. The minimum Gasteiger partial charge on any atom is -0.384 e. The van der Waals surface area contributed by atoms with Crippen molar-refractivity contribution < 1.29 is 29.9 Å². The molecule has 1 aliphatic heterocycles. The van der Waals surface area contributed by atoms with E-state index in [1.807, 2.05) is 0 Å². The average Bonchev–Trinajstić information content (AvgIpc) is 2.87. The summed E-state index contributed by atoms with van der Waals surface area (Å²) in [7, 11) is 1.35. The largest absolute Gasteiger partial charge is 0.384 e. The number of methoxy groups -OCH3 is 1. The minimum absolute atomic E-state index is 0.199. The maximum absolute atomic E-state index is 11.0. The van der Waals surface area contributed by atoms with Gasteiger partial charge in [0.15, 0.2) is 11.9 Å². The van der Waals surface area contributed by atoms with Gasteiger partial charge in [0.25, 0.3) is 0 Å². The molecule has 6 heteroatoms. The molecule has 0 spiro atoms. The van der Waals surface area contributed by atoms with E-state index in [1.165, 1.54) is 7.11 Å². The van der Waals surface area contributed by atoms with E-state index in [-0.39, 0.29) is 6.61 Å². The molecular weight excluding hydrogens is 252 g/mol. The number of hydrogen-bond donors (Lipinski definition) is 4. The number of ether oxygens (including phenoxy) is 2. The number of rotatable bonds is 1. The fourth-order valence-corrected chi connectivity index (χ4v) is 4.57. The van der Waals surface area contributed by atoms with Crippen LogP contribution in [0.4, 0.5) is 0 Å². The molecule has 0 radical (unpaired) electrons. The lowest BCUT2D eigenvalue weighted by molar-refractivity contribution is -0.220. The Balaban J connectivity index is 2.20. The Morgan fingerprint density at radius 1 is 0.947 bits per heavy atom. The fourth-order valence-electron chi connectivity index (χ4n) is 4.57. The van der Waals surface area contributed by atoms with Crippen LogP contribution in [0.2, 0.25) is 0 Å². The zero-order valence-electron chi connectivity index (χ0n) is 11.9. The van der Waals surface area contributed by atoms with Crippen LogP contribution < -0.4 is 0 Å². The SMILES string of the molecule is CO[C@H]1OC[C@]2(O)C(C)(C)[C@]2(O)[C@@]2(O)C(C)(C)[C@]12O. The third kappa shape index (κ3) is 0.833. The first-order chi connectivity index (χ1) is 8.42. The highest BCUT2D eigenvalue weighted by Gasteiger charge is 3.05. The van der Waals surface area contributed by atoms with E-state index in [9.17, 15) is 20.4 Å². The number of hydrogen-bond acceptors (Lipinski definition) is 6. The van der Waals surface area contributed by atoms with E-state index in [0.29, 0.717) is 0 Å². The summed E-state index contributed by atoms with van der Waals surface area (Å²) in [6.45, 7) is 6.35. The summed E-state index contributed by atoms with van der Waals surface area (Å²) >= 11 is 0.